The molecule has 0 bridgehead atoms. The van der Waals surface area contributed by atoms with Crippen molar-refractivity contribution in [2.24, 2.45) is 0 Å². The van der Waals surface area contributed by atoms with Crippen molar-refractivity contribution < 1.29 is 14.7 Å². The van der Waals surface area contributed by atoms with Crippen molar-refractivity contribution >= 4 is 28.2 Å². The molecule has 1 N–H and O–H groups in total. The smallest absolute Gasteiger partial charge is 0.256 e. The molecule has 0 saturated carbocycles. The predicted molar refractivity (Wildman–Crippen MR) is 77.2 cm³/mol. The number of amides is 1. The second-order valence-corrected chi connectivity index (χ2v) is 5.61. The molecule has 1 heterocycles. The Balaban J connectivity index is 2.38. The lowest BCUT2D eigenvalue weighted by molar-refractivity contribution is -0.255. The van der Waals surface area contributed by atoms with E-state index in [9.17, 15) is 14.7 Å². The highest BCUT2D eigenvalue weighted by atomic mass is 32.1. The van der Waals surface area contributed by atoms with Gasteiger partial charge in [0.15, 0.2) is 0 Å². The number of benzene rings is 1. The Morgan fingerprint density at radius 3 is 2.43 bits per heavy atom. The first-order chi connectivity index (χ1) is 9.95. The zero-order chi connectivity index (χ0) is 15.6. The highest BCUT2D eigenvalue weighted by Gasteiger charge is 2.17. The van der Waals surface area contributed by atoms with Crippen LogP contribution in [0.2, 0.25) is 0 Å². The number of carboxylic acids is 1. The van der Waals surface area contributed by atoms with Crippen molar-refractivity contribution in [1.82, 2.24) is 0 Å². The predicted octanol–water partition coefficient (Wildman–Crippen LogP) is 1.85. The SMILES string of the molecule is Cc1sc(NC(=O)c2ccccc2C(=O)[O-])c(C#N)c1C. The number of nitrogens with one attached hydrogen (secondary N) is 1. The molecule has 1 aromatic carbocycles. The number of nitriles is 1. The number of carboxylic acid groups (broad SMARTS) is 1. The molecule has 2 rings (SSSR count). The van der Waals surface area contributed by atoms with Crippen molar-refractivity contribution in [1.29, 1.82) is 5.26 Å². The minimum absolute atomic E-state index is 0.00472. The molecule has 21 heavy (non-hydrogen) atoms. The van der Waals surface area contributed by atoms with Gasteiger partial charge >= 0.3 is 0 Å². The van der Waals surface area contributed by atoms with E-state index in [1.54, 1.807) is 13.0 Å². The lowest BCUT2D eigenvalue weighted by Gasteiger charge is -2.09. The fraction of sp³-hybridized carbons (Fsp3) is 0.133. The first kappa shape index (κ1) is 14.8. The minimum atomic E-state index is -1.42. The second-order valence-electron chi connectivity index (χ2n) is 4.39. The number of hydrogen-bond acceptors (Lipinski definition) is 5. The van der Waals surface area contributed by atoms with Gasteiger partial charge in [-0.3, -0.25) is 4.79 Å². The van der Waals surface area contributed by atoms with Crippen molar-refractivity contribution in [2.75, 3.05) is 5.32 Å². The van der Waals surface area contributed by atoms with Crippen LogP contribution in [0.25, 0.3) is 0 Å². The number of rotatable bonds is 3. The summed E-state index contributed by atoms with van der Waals surface area (Å²) in [6.07, 6.45) is 0. The first-order valence-corrected chi connectivity index (χ1v) is 6.89. The van der Waals surface area contributed by atoms with Gasteiger partial charge in [0, 0.05) is 16.0 Å². The number of anilines is 1. The average Bonchev–Trinajstić information content (AvgIpc) is 2.73. The summed E-state index contributed by atoms with van der Waals surface area (Å²) in [4.78, 5) is 24.2. The number of aromatic carboxylic acids is 1. The van der Waals surface area contributed by atoms with Crippen molar-refractivity contribution in [3.8, 4) is 6.07 Å². The molecular formula is C15H11N2O3S-. The molecule has 6 heteroatoms. The molecular weight excluding hydrogens is 288 g/mol. The fourth-order valence-corrected chi connectivity index (χ4v) is 2.89. The first-order valence-electron chi connectivity index (χ1n) is 6.07. The molecule has 0 aliphatic heterocycles. The van der Waals surface area contributed by atoms with Crippen LogP contribution in [0.1, 0.15) is 36.7 Å². The highest BCUT2D eigenvalue weighted by Crippen LogP contribution is 2.32. The van der Waals surface area contributed by atoms with Gasteiger partial charge in [0.2, 0.25) is 0 Å². The minimum Gasteiger partial charge on any atom is -0.545 e. The fourth-order valence-electron chi connectivity index (χ4n) is 1.88. The van der Waals surface area contributed by atoms with E-state index in [1.165, 1.54) is 29.5 Å². The summed E-state index contributed by atoms with van der Waals surface area (Å²) in [5, 5.41) is 23.2. The Morgan fingerprint density at radius 2 is 1.86 bits per heavy atom. The number of nitrogens with zero attached hydrogens (tertiary/aromatic N) is 1. The number of aryl methyl sites for hydroxylation is 1. The lowest BCUT2D eigenvalue weighted by atomic mass is 10.1. The van der Waals surface area contributed by atoms with Crippen LogP contribution in [-0.4, -0.2) is 11.9 Å². The van der Waals surface area contributed by atoms with E-state index >= 15 is 0 Å². The summed E-state index contributed by atoms with van der Waals surface area (Å²) < 4.78 is 0. The molecule has 106 valence electrons. The van der Waals surface area contributed by atoms with Crippen LogP contribution in [0, 0.1) is 25.2 Å². The Morgan fingerprint density at radius 1 is 1.24 bits per heavy atom. The molecule has 0 atom stereocenters. The molecule has 0 spiro atoms. The average molecular weight is 299 g/mol. The van der Waals surface area contributed by atoms with Crippen molar-refractivity contribution in [2.45, 2.75) is 13.8 Å². The molecule has 0 radical (unpaired) electrons. The van der Waals surface area contributed by atoms with Crippen LogP contribution in [-0.2, 0) is 0 Å². The highest BCUT2D eigenvalue weighted by molar-refractivity contribution is 7.16. The van der Waals surface area contributed by atoms with Gasteiger partial charge in [-0.05, 0) is 25.5 Å². The monoisotopic (exact) mass is 299 g/mol. The third-order valence-electron chi connectivity index (χ3n) is 3.12. The maximum Gasteiger partial charge on any atom is 0.256 e. The molecule has 1 aromatic heterocycles. The topological polar surface area (TPSA) is 93.0 Å². The summed E-state index contributed by atoms with van der Waals surface area (Å²) in [6.45, 7) is 3.65. The second kappa shape index (κ2) is 5.77. The van der Waals surface area contributed by atoms with Gasteiger partial charge in [0.05, 0.1) is 11.5 Å². The third-order valence-corrected chi connectivity index (χ3v) is 4.24. The van der Waals surface area contributed by atoms with Gasteiger partial charge in [-0.1, -0.05) is 18.2 Å². The van der Waals surface area contributed by atoms with Crippen molar-refractivity contribution in [3.05, 3.63) is 51.4 Å². The zero-order valence-electron chi connectivity index (χ0n) is 11.4. The van der Waals surface area contributed by atoms with Gasteiger partial charge in [-0.25, -0.2) is 0 Å². The number of thiophene rings is 1. The molecule has 0 unspecified atom stereocenters. The Bertz CT molecular complexity index is 772. The molecule has 0 saturated heterocycles. The quantitative estimate of drug-likeness (QED) is 0.936. The zero-order valence-corrected chi connectivity index (χ0v) is 12.2. The van der Waals surface area contributed by atoms with Crippen LogP contribution in [0.4, 0.5) is 5.00 Å². The molecule has 0 fully saturated rings. The summed E-state index contributed by atoms with van der Waals surface area (Å²) >= 11 is 1.29. The summed E-state index contributed by atoms with van der Waals surface area (Å²) in [6, 6.07) is 7.84. The standard InChI is InChI=1S/C15H12N2O3S/c1-8-9(2)21-14(12(8)7-16)17-13(18)10-5-3-4-6-11(10)15(19)20/h3-6H,1-2H3,(H,17,18)(H,19,20)/p-1. The van der Waals surface area contributed by atoms with Gasteiger partial charge in [-0.2, -0.15) is 5.26 Å². The Kier molecular flexibility index (Phi) is 4.05. The van der Waals surface area contributed by atoms with E-state index in [4.69, 9.17) is 5.26 Å². The number of carbonyl (C=O) groups excluding carboxylic acids is 2. The van der Waals surface area contributed by atoms with E-state index in [2.05, 4.69) is 5.32 Å². The van der Waals surface area contributed by atoms with Crippen LogP contribution in [0.3, 0.4) is 0 Å². The maximum atomic E-state index is 12.2. The largest absolute Gasteiger partial charge is 0.545 e. The van der Waals surface area contributed by atoms with Gasteiger partial charge in [0.25, 0.3) is 5.91 Å². The van der Waals surface area contributed by atoms with Crippen LogP contribution in [0.5, 0.6) is 0 Å². The molecule has 0 aliphatic carbocycles. The van der Waals surface area contributed by atoms with Crippen LogP contribution < -0.4 is 10.4 Å². The molecule has 0 aliphatic rings. The number of hydrogen-bond donors (Lipinski definition) is 1. The summed E-state index contributed by atoms with van der Waals surface area (Å²) in [7, 11) is 0. The molecule has 5 nitrogen and oxygen atoms in total. The third kappa shape index (κ3) is 2.78. The molecule has 2 aromatic rings. The van der Waals surface area contributed by atoms with Gasteiger partial charge in [0.1, 0.15) is 11.1 Å². The van der Waals surface area contributed by atoms with Crippen LogP contribution in [0.15, 0.2) is 24.3 Å². The summed E-state index contributed by atoms with van der Waals surface area (Å²) in [5.74, 6) is -1.99. The summed E-state index contributed by atoms with van der Waals surface area (Å²) in [5.41, 5.74) is 1.03. The Hall–Kier alpha value is -2.65. The van der Waals surface area contributed by atoms with E-state index < -0.39 is 11.9 Å². The Labute approximate surface area is 125 Å². The van der Waals surface area contributed by atoms with Gasteiger partial charge in [-0.15, -0.1) is 11.3 Å². The van der Waals surface area contributed by atoms with Crippen LogP contribution >= 0.6 is 11.3 Å². The normalized spacial score (nSPS) is 9.95. The van der Waals surface area contributed by atoms with E-state index in [0.717, 1.165) is 10.4 Å². The number of carbonyl (C=O) groups is 2. The van der Waals surface area contributed by atoms with E-state index in [0.29, 0.717) is 10.6 Å². The van der Waals surface area contributed by atoms with Gasteiger partial charge < -0.3 is 15.2 Å². The molecule has 1 amide bonds. The van der Waals surface area contributed by atoms with E-state index in [1.807, 2.05) is 13.0 Å². The van der Waals surface area contributed by atoms with E-state index in [-0.39, 0.29) is 11.1 Å². The lowest BCUT2D eigenvalue weighted by Crippen LogP contribution is -2.26. The van der Waals surface area contributed by atoms with Crippen molar-refractivity contribution in [3.63, 3.8) is 0 Å². The maximum absolute atomic E-state index is 12.2.